The molecule has 28 heavy (non-hydrogen) atoms. The highest BCUT2D eigenvalue weighted by molar-refractivity contribution is 6.31. The summed E-state index contributed by atoms with van der Waals surface area (Å²) in [6.07, 6.45) is 1.49. The lowest BCUT2D eigenvalue weighted by atomic mass is 10.2. The number of benzene rings is 2. The van der Waals surface area contributed by atoms with Crippen LogP contribution in [0.4, 0.5) is 21.7 Å². The second-order valence-electron chi connectivity index (χ2n) is 5.89. The zero-order valence-corrected chi connectivity index (χ0v) is 15.1. The first-order valence-corrected chi connectivity index (χ1v) is 8.60. The number of anilines is 3. The van der Waals surface area contributed by atoms with Gasteiger partial charge in [0, 0.05) is 17.4 Å². The topological polar surface area (TPSA) is 101 Å². The number of pyridine rings is 1. The highest BCUT2D eigenvalue weighted by Crippen LogP contribution is 2.25. The summed E-state index contributed by atoms with van der Waals surface area (Å²) in [7, 11) is 0. The second-order valence-corrected chi connectivity index (χ2v) is 6.30. The Morgan fingerprint density at radius 3 is 2.71 bits per heavy atom. The first kappa shape index (κ1) is 17.9. The van der Waals surface area contributed by atoms with E-state index in [0.717, 1.165) is 11.8 Å². The molecule has 0 unspecified atom stereocenters. The van der Waals surface area contributed by atoms with E-state index >= 15 is 0 Å². The first-order chi connectivity index (χ1) is 13.5. The van der Waals surface area contributed by atoms with Crippen LogP contribution in [0.5, 0.6) is 0 Å². The van der Waals surface area contributed by atoms with Gasteiger partial charge in [0.2, 0.25) is 5.95 Å². The number of rotatable bonds is 4. The number of H-pyrrole nitrogens is 1. The minimum absolute atomic E-state index is 0.153. The molecule has 140 valence electrons. The van der Waals surface area contributed by atoms with E-state index in [1.54, 1.807) is 6.07 Å². The normalized spacial score (nSPS) is 10.8. The van der Waals surface area contributed by atoms with E-state index in [1.165, 1.54) is 18.3 Å². The van der Waals surface area contributed by atoms with Crippen molar-refractivity contribution in [3.8, 4) is 0 Å². The number of amidine groups is 1. The van der Waals surface area contributed by atoms with E-state index in [0.29, 0.717) is 27.7 Å². The van der Waals surface area contributed by atoms with Crippen LogP contribution in [0.25, 0.3) is 11.2 Å². The Labute approximate surface area is 163 Å². The zero-order valence-electron chi connectivity index (χ0n) is 14.3. The number of imidazole rings is 1. The number of aromatic amines is 1. The summed E-state index contributed by atoms with van der Waals surface area (Å²) in [5, 5.41) is 22.4. The molecule has 4 aromatic rings. The van der Waals surface area contributed by atoms with Gasteiger partial charge in [0.1, 0.15) is 5.82 Å². The van der Waals surface area contributed by atoms with Crippen LogP contribution in [0.1, 0.15) is 5.56 Å². The third-order valence-corrected chi connectivity index (χ3v) is 4.33. The lowest BCUT2D eigenvalue weighted by Crippen LogP contribution is -2.27. The average Bonchev–Trinajstić information content (AvgIpc) is 3.12. The Bertz CT molecular complexity index is 1160. The smallest absolute Gasteiger partial charge is 0.207 e. The number of fused-ring (bicyclic) bond motifs is 1. The third kappa shape index (κ3) is 3.38. The van der Waals surface area contributed by atoms with E-state index in [1.807, 2.05) is 30.3 Å². The molecule has 2 aromatic carbocycles. The summed E-state index contributed by atoms with van der Waals surface area (Å²) in [6.45, 7) is 0. The van der Waals surface area contributed by atoms with Gasteiger partial charge in [0.15, 0.2) is 11.5 Å². The Hall–Kier alpha value is -3.49. The molecule has 0 aliphatic rings. The number of halogens is 2. The number of aromatic nitrogens is 3. The molecule has 4 rings (SSSR count). The van der Waals surface area contributed by atoms with E-state index < -0.39 is 5.82 Å². The second kappa shape index (κ2) is 7.26. The number of hydrogen-bond acceptors (Lipinski definition) is 5. The number of nitrogens with one attached hydrogen (secondary N) is 3. The fourth-order valence-corrected chi connectivity index (χ4v) is 2.86. The molecule has 0 fully saturated rings. The molecule has 4 N–H and O–H groups in total. The Morgan fingerprint density at radius 2 is 1.96 bits per heavy atom. The van der Waals surface area contributed by atoms with Crippen molar-refractivity contribution < 1.29 is 9.60 Å². The highest BCUT2D eigenvalue weighted by Gasteiger charge is 2.18. The molecule has 0 saturated heterocycles. The van der Waals surface area contributed by atoms with Crippen molar-refractivity contribution in [1.29, 1.82) is 5.41 Å². The average molecular weight is 397 g/mol. The van der Waals surface area contributed by atoms with Gasteiger partial charge in [-0.3, -0.25) is 10.6 Å². The fraction of sp³-hybridized carbons (Fsp3) is 0. The van der Waals surface area contributed by atoms with Gasteiger partial charge in [-0.25, -0.2) is 14.4 Å². The van der Waals surface area contributed by atoms with Crippen LogP contribution >= 0.6 is 11.6 Å². The summed E-state index contributed by atoms with van der Waals surface area (Å²) in [5.74, 6) is -0.407. The van der Waals surface area contributed by atoms with Crippen molar-refractivity contribution in [1.82, 2.24) is 15.0 Å². The van der Waals surface area contributed by atoms with Gasteiger partial charge in [0.25, 0.3) is 0 Å². The van der Waals surface area contributed by atoms with Crippen molar-refractivity contribution in [2.45, 2.75) is 0 Å². The number of nitrogens with zero attached hydrogens (tertiary/aromatic N) is 3. The molecule has 0 bridgehead atoms. The van der Waals surface area contributed by atoms with Crippen molar-refractivity contribution >= 4 is 45.9 Å². The van der Waals surface area contributed by atoms with E-state index in [9.17, 15) is 9.60 Å². The third-order valence-electron chi connectivity index (χ3n) is 4.04. The van der Waals surface area contributed by atoms with Crippen LogP contribution in [0.15, 0.2) is 60.8 Å². The van der Waals surface area contributed by atoms with Gasteiger partial charge in [-0.15, -0.1) is 0 Å². The Kier molecular flexibility index (Phi) is 4.64. The van der Waals surface area contributed by atoms with Crippen molar-refractivity contribution in [2.24, 2.45) is 0 Å². The number of hydroxylamine groups is 1. The van der Waals surface area contributed by atoms with Crippen molar-refractivity contribution in [2.75, 3.05) is 10.4 Å². The largest absolute Gasteiger partial charge is 0.326 e. The highest BCUT2D eigenvalue weighted by atomic mass is 35.5. The molecule has 0 spiro atoms. The Morgan fingerprint density at radius 1 is 1.18 bits per heavy atom. The van der Waals surface area contributed by atoms with Gasteiger partial charge in [-0.1, -0.05) is 29.8 Å². The maximum absolute atomic E-state index is 13.4. The van der Waals surface area contributed by atoms with Gasteiger partial charge in [0.05, 0.1) is 16.2 Å². The standard InChI is InChI=1S/C19H14ClFN6O/c20-14-10-12(6-7-15(14)21)27(28)17(22)13-8-9-23-18-16(13)25-19(26-18)24-11-4-2-1-3-5-11/h1-10,22,28H,(H2,23,24,25,26). The van der Waals surface area contributed by atoms with Gasteiger partial charge in [-0.05, 0) is 36.4 Å². The van der Waals surface area contributed by atoms with Gasteiger partial charge < -0.3 is 10.3 Å². The van der Waals surface area contributed by atoms with Gasteiger partial charge >= 0.3 is 0 Å². The van der Waals surface area contributed by atoms with Crippen LogP contribution in [-0.2, 0) is 0 Å². The summed E-state index contributed by atoms with van der Waals surface area (Å²) in [5.41, 5.74) is 2.21. The maximum atomic E-state index is 13.4. The predicted octanol–water partition coefficient (Wildman–Crippen LogP) is 4.72. The summed E-state index contributed by atoms with van der Waals surface area (Å²) in [4.78, 5) is 11.6. The fourth-order valence-electron chi connectivity index (χ4n) is 2.69. The summed E-state index contributed by atoms with van der Waals surface area (Å²) >= 11 is 5.77. The van der Waals surface area contributed by atoms with E-state index in [2.05, 4.69) is 20.3 Å². The molecule has 0 aliphatic heterocycles. The molecule has 0 atom stereocenters. The lowest BCUT2D eigenvalue weighted by molar-refractivity contribution is 0.312. The molecule has 7 nitrogen and oxygen atoms in total. The zero-order chi connectivity index (χ0) is 19.7. The Balaban J connectivity index is 1.67. The SMILES string of the molecule is N=C(c1ccnc2nc(Nc3ccccc3)[nH]c12)N(O)c1ccc(F)c(Cl)c1. The molecule has 9 heteroatoms. The monoisotopic (exact) mass is 396 g/mol. The minimum atomic E-state index is -0.609. The van der Waals surface area contributed by atoms with Crippen LogP contribution in [-0.4, -0.2) is 26.0 Å². The minimum Gasteiger partial charge on any atom is -0.326 e. The molecule has 2 heterocycles. The van der Waals surface area contributed by atoms with Gasteiger partial charge in [-0.2, -0.15) is 4.98 Å². The molecular formula is C19H14ClFN6O. The van der Waals surface area contributed by atoms with E-state index in [-0.39, 0.29) is 16.5 Å². The van der Waals surface area contributed by atoms with E-state index in [4.69, 9.17) is 17.0 Å². The molecule has 0 saturated carbocycles. The van der Waals surface area contributed by atoms with Crippen LogP contribution in [0, 0.1) is 11.2 Å². The maximum Gasteiger partial charge on any atom is 0.207 e. The summed E-state index contributed by atoms with van der Waals surface area (Å²) in [6, 6.07) is 14.7. The van der Waals surface area contributed by atoms with Crippen LogP contribution < -0.4 is 10.4 Å². The molecule has 0 amide bonds. The number of para-hydroxylation sites is 1. The van der Waals surface area contributed by atoms with Crippen LogP contribution in [0.2, 0.25) is 5.02 Å². The summed E-state index contributed by atoms with van der Waals surface area (Å²) < 4.78 is 13.4. The molecular weight excluding hydrogens is 383 g/mol. The molecule has 0 radical (unpaired) electrons. The van der Waals surface area contributed by atoms with Crippen LogP contribution in [0.3, 0.4) is 0 Å². The van der Waals surface area contributed by atoms with Crippen molar-refractivity contribution in [3.05, 3.63) is 77.2 Å². The predicted molar refractivity (Wildman–Crippen MR) is 106 cm³/mol. The quantitative estimate of drug-likeness (QED) is 0.227. The molecule has 2 aromatic heterocycles. The first-order valence-electron chi connectivity index (χ1n) is 8.22. The molecule has 0 aliphatic carbocycles. The lowest BCUT2D eigenvalue weighted by Gasteiger charge is -2.18. The van der Waals surface area contributed by atoms with Crippen molar-refractivity contribution in [3.63, 3.8) is 0 Å². The number of hydrogen-bond donors (Lipinski definition) is 4.